The number of methoxy groups -OCH3 is 1. The van der Waals surface area contributed by atoms with Gasteiger partial charge in [-0.05, 0) is 48.7 Å². The van der Waals surface area contributed by atoms with Crippen molar-refractivity contribution >= 4 is 16.8 Å². The summed E-state index contributed by atoms with van der Waals surface area (Å²) in [5.41, 5.74) is 1.29. The minimum Gasteiger partial charge on any atom is -0.496 e. The van der Waals surface area contributed by atoms with Crippen LogP contribution >= 0.6 is 0 Å². The monoisotopic (exact) mass is 395 g/mol. The third kappa shape index (κ3) is 4.62. The van der Waals surface area contributed by atoms with Gasteiger partial charge in [-0.15, -0.1) is 0 Å². The van der Waals surface area contributed by atoms with Gasteiger partial charge in [0, 0.05) is 17.4 Å². The maximum Gasteiger partial charge on any atom is 0.327 e. The van der Waals surface area contributed by atoms with Gasteiger partial charge in [0.05, 0.1) is 18.2 Å². The molecular weight excluding hydrogens is 370 g/mol. The van der Waals surface area contributed by atoms with Crippen LogP contribution in [0.4, 0.5) is 0 Å². The fraction of sp³-hybridized carbons (Fsp3) is 0.364. The Kier molecular flexibility index (Phi) is 5.68. The van der Waals surface area contributed by atoms with Gasteiger partial charge in [0.1, 0.15) is 17.2 Å². The highest BCUT2D eigenvalue weighted by molar-refractivity contribution is 5.83. The van der Waals surface area contributed by atoms with Crippen molar-refractivity contribution < 1.29 is 9.53 Å². The predicted molar refractivity (Wildman–Crippen MR) is 112 cm³/mol. The Morgan fingerprint density at radius 1 is 1.10 bits per heavy atom. The Hall–Kier alpha value is -3.22. The first kappa shape index (κ1) is 20.5. The van der Waals surface area contributed by atoms with E-state index in [1.165, 1.54) is 0 Å². The number of ketones is 1. The van der Waals surface area contributed by atoms with Gasteiger partial charge < -0.3 is 4.74 Å². The highest BCUT2D eigenvalue weighted by atomic mass is 16.5. The lowest BCUT2D eigenvalue weighted by molar-refractivity contribution is -0.126. The molecule has 0 atom stereocenters. The third-order valence-electron chi connectivity index (χ3n) is 4.86. The smallest absolute Gasteiger partial charge is 0.327 e. The van der Waals surface area contributed by atoms with Gasteiger partial charge in [-0.3, -0.25) is 19.6 Å². The lowest BCUT2D eigenvalue weighted by Gasteiger charge is -2.16. The summed E-state index contributed by atoms with van der Waals surface area (Å²) in [6.45, 7) is 5.78. The van der Waals surface area contributed by atoms with Crippen LogP contribution in [0, 0.1) is 5.41 Å². The molecule has 2 heterocycles. The molecule has 7 nitrogen and oxygen atoms in total. The maximum atomic E-state index is 12.2. The Balaban J connectivity index is 1.90. The second-order valence-electron chi connectivity index (χ2n) is 8.05. The predicted octanol–water partition coefficient (Wildman–Crippen LogP) is 3.22. The van der Waals surface area contributed by atoms with E-state index in [4.69, 9.17) is 4.74 Å². The number of hydrogen-bond acceptors (Lipinski definition) is 5. The molecule has 3 aromatic rings. The molecule has 3 rings (SSSR count). The zero-order valence-electron chi connectivity index (χ0n) is 17.1. The molecule has 2 aromatic heterocycles. The molecular formula is C22H25N3O4. The van der Waals surface area contributed by atoms with Crippen LogP contribution in [0.5, 0.6) is 5.75 Å². The number of Topliss-reactive ketones (excluding diaryl/α,β-unsaturated/α-hetero) is 1. The number of rotatable bonds is 6. The molecule has 0 bridgehead atoms. The van der Waals surface area contributed by atoms with Crippen LogP contribution in [-0.2, 0) is 11.2 Å². The van der Waals surface area contributed by atoms with E-state index in [1.54, 1.807) is 19.2 Å². The van der Waals surface area contributed by atoms with Gasteiger partial charge in [-0.25, -0.2) is 9.78 Å². The van der Waals surface area contributed by atoms with Crippen LogP contribution in [0.15, 0.2) is 39.9 Å². The summed E-state index contributed by atoms with van der Waals surface area (Å²) < 4.78 is 5.46. The van der Waals surface area contributed by atoms with Crippen molar-refractivity contribution in [1.29, 1.82) is 0 Å². The van der Waals surface area contributed by atoms with Crippen LogP contribution in [0.2, 0.25) is 0 Å². The van der Waals surface area contributed by atoms with E-state index >= 15 is 0 Å². The average Bonchev–Trinajstić information content (AvgIpc) is 2.66. The molecule has 0 spiro atoms. The minimum atomic E-state index is -0.592. The van der Waals surface area contributed by atoms with Gasteiger partial charge in [0.2, 0.25) is 0 Å². The minimum absolute atomic E-state index is 0.234. The Morgan fingerprint density at radius 2 is 1.86 bits per heavy atom. The van der Waals surface area contributed by atoms with Crippen LogP contribution in [0.3, 0.4) is 0 Å². The first-order valence-corrected chi connectivity index (χ1v) is 9.53. The summed E-state index contributed by atoms with van der Waals surface area (Å²) in [4.78, 5) is 44.8. The fourth-order valence-corrected chi connectivity index (χ4v) is 3.16. The lowest BCUT2D eigenvalue weighted by Crippen LogP contribution is -2.22. The second kappa shape index (κ2) is 8.03. The largest absolute Gasteiger partial charge is 0.496 e. The molecule has 152 valence electrons. The molecule has 0 amide bonds. The molecule has 2 N–H and O–H groups in total. The first-order valence-electron chi connectivity index (χ1n) is 9.53. The van der Waals surface area contributed by atoms with Crippen molar-refractivity contribution in [3.8, 4) is 17.0 Å². The normalized spacial score (nSPS) is 11.6. The molecule has 0 aliphatic heterocycles. The number of nitrogens with zero attached hydrogens (tertiary/aromatic N) is 1. The molecule has 0 aliphatic carbocycles. The first-order chi connectivity index (χ1) is 13.7. The molecule has 0 saturated heterocycles. The van der Waals surface area contributed by atoms with E-state index in [0.29, 0.717) is 23.9 Å². The number of fused-ring (bicyclic) bond motifs is 1. The summed E-state index contributed by atoms with van der Waals surface area (Å²) in [5, 5.41) is 0.322. The quantitative estimate of drug-likeness (QED) is 0.667. The number of aromatic amines is 2. The molecule has 0 radical (unpaired) electrons. The Bertz CT molecular complexity index is 1170. The fourth-order valence-electron chi connectivity index (χ4n) is 3.16. The Labute approximate surface area is 168 Å². The van der Waals surface area contributed by atoms with Crippen LogP contribution in [0.1, 0.15) is 39.2 Å². The SMILES string of the molecule is COc1ccc(-c2ccc3c(=O)[nH]c(=O)[nH]c3n2)cc1CCCC(=O)C(C)(C)C. The highest BCUT2D eigenvalue weighted by Gasteiger charge is 2.20. The zero-order chi connectivity index (χ0) is 21.2. The van der Waals surface area contributed by atoms with Crippen LogP contribution in [-0.4, -0.2) is 27.8 Å². The van der Waals surface area contributed by atoms with Gasteiger partial charge in [-0.2, -0.15) is 0 Å². The molecule has 0 fully saturated rings. The number of ether oxygens (including phenoxy) is 1. The average molecular weight is 395 g/mol. The standard InChI is InChI=1S/C22H25N3O4/c1-22(2,3)18(26)7-5-6-14-12-13(8-11-17(14)29-4)16-10-9-15-19(23-16)24-21(28)25-20(15)27/h8-12H,5-7H2,1-4H3,(H2,23,24,25,27,28). The van der Waals surface area contributed by atoms with Crippen LogP contribution in [0.25, 0.3) is 22.3 Å². The number of H-pyrrole nitrogens is 2. The topological polar surface area (TPSA) is 105 Å². The van der Waals surface area contributed by atoms with E-state index in [-0.39, 0.29) is 16.8 Å². The molecule has 0 unspecified atom stereocenters. The summed E-state index contributed by atoms with van der Waals surface area (Å²) in [6, 6.07) is 9.09. The molecule has 29 heavy (non-hydrogen) atoms. The van der Waals surface area contributed by atoms with Crippen molar-refractivity contribution in [2.75, 3.05) is 7.11 Å². The molecule has 1 aromatic carbocycles. The van der Waals surface area contributed by atoms with Crippen molar-refractivity contribution in [2.24, 2.45) is 5.41 Å². The highest BCUT2D eigenvalue weighted by Crippen LogP contribution is 2.28. The summed E-state index contributed by atoms with van der Waals surface area (Å²) in [7, 11) is 1.62. The maximum absolute atomic E-state index is 12.2. The van der Waals surface area contributed by atoms with Gasteiger partial charge in [0.15, 0.2) is 0 Å². The van der Waals surface area contributed by atoms with E-state index in [0.717, 1.165) is 23.3 Å². The van der Waals surface area contributed by atoms with Gasteiger partial charge in [0.25, 0.3) is 5.56 Å². The third-order valence-corrected chi connectivity index (χ3v) is 4.86. The van der Waals surface area contributed by atoms with Crippen molar-refractivity contribution in [3.05, 3.63) is 56.7 Å². The van der Waals surface area contributed by atoms with Crippen molar-refractivity contribution in [2.45, 2.75) is 40.0 Å². The molecule has 0 saturated carbocycles. The second-order valence-corrected chi connectivity index (χ2v) is 8.05. The van der Waals surface area contributed by atoms with E-state index in [2.05, 4.69) is 15.0 Å². The number of hydrogen-bond donors (Lipinski definition) is 2. The summed E-state index contributed by atoms with van der Waals surface area (Å²) in [6.07, 6.45) is 1.93. The number of carbonyl (C=O) groups excluding carboxylic acids is 1. The van der Waals surface area contributed by atoms with Crippen molar-refractivity contribution in [1.82, 2.24) is 15.0 Å². The van der Waals surface area contributed by atoms with E-state index < -0.39 is 11.2 Å². The number of carbonyl (C=O) groups is 1. The molecule has 7 heteroatoms. The van der Waals surface area contributed by atoms with Gasteiger partial charge in [-0.1, -0.05) is 20.8 Å². The van der Waals surface area contributed by atoms with E-state index in [9.17, 15) is 14.4 Å². The lowest BCUT2D eigenvalue weighted by atomic mass is 9.87. The number of benzene rings is 1. The zero-order valence-corrected chi connectivity index (χ0v) is 17.1. The summed E-state index contributed by atoms with van der Waals surface area (Å²) >= 11 is 0. The molecule has 0 aliphatic rings. The number of aromatic nitrogens is 3. The Morgan fingerprint density at radius 3 is 2.55 bits per heavy atom. The summed E-state index contributed by atoms with van der Waals surface area (Å²) in [5.74, 6) is 0.987. The van der Waals surface area contributed by atoms with Crippen molar-refractivity contribution in [3.63, 3.8) is 0 Å². The van der Waals surface area contributed by atoms with Gasteiger partial charge >= 0.3 is 5.69 Å². The van der Waals surface area contributed by atoms with Crippen LogP contribution < -0.4 is 16.0 Å². The number of nitrogens with one attached hydrogen (secondary N) is 2. The number of pyridine rings is 1. The van der Waals surface area contributed by atoms with E-state index in [1.807, 2.05) is 39.0 Å². The number of aryl methyl sites for hydroxylation is 1.